The van der Waals surface area contributed by atoms with Crippen LogP contribution in [0.5, 0.6) is 0 Å². The molecule has 102 valence electrons. The van der Waals surface area contributed by atoms with Crippen molar-refractivity contribution in [1.29, 1.82) is 0 Å². The molecular weight excluding hydrogens is 360 g/mol. The van der Waals surface area contributed by atoms with E-state index in [0.29, 0.717) is 0 Å². The van der Waals surface area contributed by atoms with Crippen LogP contribution in [0.4, 0.5) is 0 Å². The average molecular weight is 380 g/mol. The van der Waals surface area contributed by atoms with Crippen molar-refractivity contribution in [2.24, 2.45) is 0 Å². The summed E-state index contributed by atoms with van der Waals surface area (Å²) in [7, 11) is 0. The van der Waals surface area contributed by atoms with Gasteiger partial charge in [-0.05, 0) is 64.6 Å². The number of hydrogen-bond acceptors (Lipinski definition) is 2. The van der Waals surface area contributed by atoms with Crippen molar-refractivity contribution < 1.29 is 9.47 Å². The molecule has 18 heavy (non-hydrogen) atoms. The van der Waals surface area contributed by atoms with Crippen LogP contribution in [0.25, 0.3) is 0 Å². The van der Waals surface area contributed by atoms with Crippen LogP contribution in [0.3, 0.4) is 0 Å². The van der Waals surface area contributed by atoms with E-state index in [4.69, 9.17) is 9.47 Å². The van der Waals surface area contributed by atoms with Gasteiger partial charge in [0.1, 0.15) is 0 Å². The van der Waals surface area contributed by atoms with Gasteiger partial charge < -0.3 is 9.47 Å². The molecule has 0 spiro atoms. The molecule has 4 heteroatoms. The van der Waals surface area contributed by atoms with Gasteiger partial charge in [-0.2, -0.15) is 0 Å². The van der Waals surface area contributed by atoms with Crippen LogP contribution < -0.4 is 0 Å². The number of halogens is 2. The molecule has 1 saturated heterocycles. The molecule has 0 unspecified atom stereocenters. The first-order valence-corrected chi connectivity index (χ1v) is 7.54. The second kappa shape index (κ2) is 6.51. The smallest absolute Gasteiger partial charge is 0.164 e. The van der Waals surface area contributed by atoms with Gasteiger partial charge in [0.2, 0.25) is 0 Å². The highest BCUT2D eigenvalue weighted by atomic mass is 79.9. The molecule has 0 aromatic rings. The molecule has 0 saturated carbocycles. The van der Waals surface area contributed by atoms with Gasteiger partial charge in [0.15, 0.2) is 5.79 Å². The van der Waals surface area contributed by atoms with E-state index >= 15 is 0 Å². The molecule has 0 bridgehead atoms. The Balaban J connectivity index is 2.99. The summed E-state index contributed by atoms with van der Waals surface area (Å²) in [6.07, 6.45) is 8.17. The average Bonchev–Trinajstić information content (AvgIpc) is 2.13. The summed E-state index contributed by atoms with van der Waals surface area (Å²) in [5.74, 6) is -0.610. The minimum absolute atomic E-state index is 0.00222. The van der Waals surface area contributed by atoms with Crippen molar-refractivity contribution in [2.75, 3.05) is 0 Å². The SMILES string of the molecule is C=CCC1(CC=C)C[C@@H](C=C(Br)Br)OC(C)(C)O1. The largest absolute Gasteiger partial charge is 0.343 e. The molecule has 0 radical (unpaired) electrons. The van der Waals surface area contributed by atoms with Crippen LogP contribution in [0.15, 0.2) is 34.8 Å². The van der Waals surface area contributed by atoms with Gasteiger partial charge in [-0.1, -0.05) is 12.2 Å². The second-order valence-corrected chi connectivity index (χ2v) is 7.76. The summed E-state index contributed by atoms with van der Waals surface area (Å²) >= 11 is 6.76. The Morgan fingerprint density at radius 1 is 1.28 bits per heavy atom. The lowest BCUT2D eigenvalue weighted by Crippen LogP contribution is -2.51. The minimum Gasteiger partial charge on any atom is -0.343 e. The van der Waals surface area contributed by atoms with Gasteiger partial charge in [-0.3, -0.25) is 0 Å². The first-order valence-electron chi connectivity index (χ1n) is 5.95. The van der Waals surface area contributed by atoms with Crippen molar-refractivity contribution in [3.05, 3.63) is 34.8 Å². The zero-order valence-corrected chi connectivity index (χ0v) is 14.1. The molecule has 1 aliphatic rings. The van der Waals surface area contributed by atoms with Crippen molar-refractivity contribution in [2.45, 2.75) is 50.6 Å². The van der Waals surface area contributed by atoms with Crippen LogP contribution in [0.2, 0.25) is 0 Å². The molecule has 0 aromatic heterocycles. The van der Waals surface area contributed by atoms with Crippen molar-refractivity contribution in [3.63, 3.8) is 0 Å². The second-order valence-electron chi connectivity index (χ2n) is 4.99. The normalized spacial score (nSPS) is 25.2. The van der Waals surface area contributed by atoms with Crippen LogP contribution in [-0.2, 0) is 9.47 Å². The molecule has 1 heterocycles. The van der Waals surface area contributed by atoms with Gasteiger partial charge in [-0.15, -0.1) is 13.2 Å². The predicted octanol–water partition coefficient (Wildman–Crippen LogP) is 5.05. The Bertz CT molecular complexity index is 334. The third-order valence-corrected chi connectivity index (χ3v) is 3.34. The summed E-state index contributed by atoms with van der Waals surface area (Å²) in [4.78, 5) is 0. The fraction of sp³-hybridized carbons (Fsp3) is 0.571. The van der Waals surface area contributed by atoms with E-state index in [1.165, 1.54) is 0 Å². The van der Waals surface area contributed by atoms with Gasteiger partial charge in [0.25, 0.3) is 0 Å². The molecule has 2 nitrogen and oxygen atoms in total. The van der Waals surface area contributed by atoms with Crippen LogP contribution in [-0.4, -0.2) is 17.5 Å². The first kappa shape index (κ1) is 16.2. The van der Waals surface area contributed by atoms with Crippen LogP contribution in [0.1, 0.15) is 33.1 Å². The topological polar surface area (TPSA) is 18.5 Å². The molecule has 1 atom stereocenters. The Morgan fingerprint density at radius 2 is 1.83 bits per heavy atom. The molecule has 0 N–H and O–H groups in total. The summed E-state index contributed by atoms with van der Waals surface area (Å²) in [5, 5.41) is 0. The fourth-order valence-corrected chi connectivity index (χ4v) is 3.04. The Kier molecular flexibility index (Phi) is 5.84. The van der Waals surface area contributed by atoms with Crippen molar-refractivity contribution >= 4 is 31.9 Å². The summed E-state index contributed by atoms with van der Waals surface area (Å²) in [5.41, 5.74) is -0.276. The van der Waals surface area contributed by atoms with E-state index in [9.17, 15) is 0 Å². The number of rotatable bonds is 5. The Labute approximate surface area is 126 Å². The molecule has 1 fully saturated rings. The Hall–Kier alpha value is 0.1000. The van der Waals surface area contributed by atoms with Crippen molar-refractivity contribution in [1.82, 2.24) is 0 Å². The lowest BCUT2D eigenvalue weighted by Gasteiger charge is -2.47. The standard InChI is InChI=1S/C14H20Br2O2/c1-5-7-14(8-6-2)10-11(9-12(15)16)17-13(3,4)18-14/h5-6,9,11H,1-2,7-8,10H2,3-4H3/t11-/m1/s1. The van der Waals surface area contributed by atoms with Gasteiger partial charge in [-0.25, -0.2) is 0 Å². The van der Waals surface area contributed by atoms with E-state index in [-0.39, 0.29) is 11.7 Å². The lowest BCUT2D eigenvalue weighted by atomic mass is 9.87. The van der Waals surface area contributed by atoms with E-state index in [0.717, 1.165) is 22.7 Å². The summed E-state index contributed by atoms with van der Waals surface area (Å²) < 4.78 is 12.9. The van der Waals surface area contributed by atoms with Gasteiger partial charge >= 0.3 is 0 Å². The van der Waals surface area contributed by atoms with Crippen molar-refractivity contribution in [3.8, 4) is 0 Å². The fourth-order valence-electron chi connectivity index (χ4n) is 2.45. The predicted molar refractivity (Wildman–Crippen MR) is 83.0 cm³/mol. The number of ether oxygens (including phenoxy) is 2. The molecular formula is C14H20Br2O2. The molecule has 0 aromatic carbocycles. The first-order chi connectivity index (χ1) is 8.32. The maximum Gasteiger partial charge on any atom is 0.164 e. The van der Waals surface area contributed by atoms with Gasteiger partial charge in [0.05, 0.1) is 15.1 Å². The highest BCUT2D eigenvalue weighted by molar-refractivity contribution is 9.28. The maximum atomic E-state index is 6.13. The molecule has 1 aliphatic heterocycles. The molecule has 1 rings (SSSR count). The zero-order valence-electron chi connectivity index (χ0n) is 10.9. The third-order valence-electron chi connectivity index (χ3n) is 2.82. The lowest BCUT2D eigenvalue weighted by molar-refractivity contribution is -0.324. The van der Waals surface area contributed by atoms with Crippen LogP contribution in [0, 0.1) is 0 Å². The maximum absolute atomic E-state index is 6.13. The van der Waals surface area contributed by atoms with E-state index in [1.54, 1.807) is 0 Å². The number of hydrogen-bond donors (Lipinski definition) is 0. The minimum atomic E-state index is -0.610. The highest BCUT2D eigenvalue weighted by Crippen LogP contribution is 2.40. The Morgan fingerprint density at radius 3 is 2.28 bits per heavy atom. The quantitative estimate of drug-likeness (QED) is 0.622. The van der Waals surface area contributed by atoms with E-state index in [1.807, 2.05) is 32.1 Å². The van der Waals surface area contributed by atoms with E-state index < -0.39 is 5.79 Å². The van der Waals surface area contributed by atoms with Gasteiger partial charge in [0, 0.05) is 6.42 Å². The van der Waals surface area contributed by atoms with Crippen LogP contribution >= 0.6 is 31.9 Å². The summed E-state index contributed by atoms with van der Waals surface area (Å²) in [6.45, 7) is 11.5. The van der Waals surface area contributed by atoms with E-state index in [2.05, 4.69) is 45.0 Å². The third kappa shape index (κ3) is 4.65. The zero-order chi connectivity index (χ0) is 13.8. The summed E-state index contributed by atoms with van der Waals surface area (Å²) in [6, 6.07) is 0. The molecule has 0 aliphatic carbocycles. The highest BCUT2D eigenvalue weighted by Gasteiger charge is 2.43. The molecule has 0 amide bonds. The monoisotopic (exact) mass is 378 g/mol.